The number of Topliss-reactive ketones (excluding diaryl/α,β-unsaturated/α-hetero) is 1. The maximum absolute atomic E-state index is 12.5. The zero-order valence-corrected chi connectivity index (χ0v) is 9.65. The van der Waals surface area contributed by atoms with Crippen molar-refractivity contribution in [2.75, 3.05) is 6.54 Å². The Morgan fingerprint density at radius 3 is 2.69 bits per heavy atom. The van der Waals surface area contributed by atoms with E-state index in [9.17, 15) is 4.79 Å². The molecular formula is C11H18N4O. The molecule has 1 heterocycles. The summed E-state index contributed by atoms with van der Waals surface area (Å²) in [5.74, 6) is 0.113. The average Bonchev–Trinajstić information content (AvgIpc) is 2.75. The summed E-state index contributed by atoms with van der Waals surface area (Å²) in [5, 5.41) is 7.56. The highest BCUT2D eigenvalue weighted by molar-refractivity contribution is 5.99. The van der Waals surface area contributed by atoms with Gasteiger partial charge in [-0.2, -0.15) is 0 Å². The van der Waals surface area contributed by atoms with Gasteiger partial charge >= 0.3 is 0 Å². The SMILES string of the molecule is Cn1nncc1C(=O)C1(CN)CCCCC1. The molecule has 1 aliphatic carbocycles. The molecule has 0 saturated heterocycles. The van der Waals surface area contributed by atoms with E-state index in [4.69, 9.17) is 5.73 Å². The highest BCUT2D eigenvalue weighted by Crippen LogP contribution is 2.37. The van der Waals surface area contributed by atoms with Gasteiger partial charge in [0.1, 0.15) is 5.69 Å². The van der Waals surface area contributed by atoms with Gasteiger partial charge in [-0.1, -0.05) is 24.5 Å². The van der Waals surface area contributed by atoms with E-state index in [0.29, 0.717) is 12.2 Å². The Morgan fingerprint density at radius 1 is 1.50 bits per heavy atom. The molecule has 1 aromatic heterocycles. The van der Waals surface area contributed by atoms with Crippen molar-refractivity contribution in [3.63, 3.8) is 0 Å². The number of ketones is 1. The van der Waals surface area contributed by atoms with E-state index in [0.717, 1.165) is 25.7 Å². The molecule has 5 heteroatoms. The predicted molar refractivity (Wildman–Crippen MR) is 59.9 cm³/mol. The molecule has 0 atom stereocenters. The lowest BCUT2D eigenvalue weighted by Gasteiger charge is -2.34. The number of aromatic nitrogens is 3. The Labute approximate surface area is 95.0 Å². The van der Waals surface area contributed by atoms with Crippen LogP contribution in [0.25, 0.3) is 0 Å². The molecule has 16 heavy (non-hydrogen) atoms. The lowest BCUT2D eigenvalue weighted by Crippen LogP contribution is -2.41. The van der Waals surface area contributed by atoms with Crippen LogP contribution < -0.4 is 5.73 Å². The molecule has 0 amide bonds. The number of hydrogen-bond donors (Lipinski definition) is 1. The average molecular weight is 222 g/mol. The van der Waals surface area contributed by atoms with E-state index in [2.05, 4.69) is 10.3 Å². The van der Waals surface area contributed by atoms with E-state index < -0.39 is 0 Å². The maximum atomic E-state index is 12.5. The fourth-order valence-corrected chi connectivity index (χ4v) is 2.52. The Balaban J connectivity index is 2.28. The minimum Gasteiger partial charge on any atom is -0.329 e. The van der Waals surface area contributed by atoms with Crippen LogP contribution in [0.2, 0.25) is 0 Å². The summed E-state index contributed by atoms with van der Waals surface area (Å²) < 4.78 is 1.54. The highest BCUT2D eigenvalue weighted by Gasteiger charge is 2.39. The van der Waals surface area contributed by atoms with Crippen molar-refractivity contribution in [1.82, 2.24) is 15.0 Å². The largest absolute Gasteiger partial charge is 0.329 e. The molecule has 1 saturated carbocycles. The van der Waals surface area contributed by atoms with Crippen LogP contribution in [0.5, 0.6) is 0 Å². The first kappa shape index (κ1) is 11.3. The van der Waals surface area contributed by atoms with Crippen LogP contribution in [-0.2, 0) is 7.05 Å². The molecule has 0 aromatic carbocycles. The fourth-order valence-electron chi connectivity index (χ4n) is 2.52. The molecule has 5 nitrogen and oxygen atoms in total. The summed E-state index contributed by atoms with van der Waals surface area (Å²) in [7, 11) is 1.74. The van der Waals surface area contributed by atoms with Gasteiger partial charge < -0.3 is 5.73 Å². The van der Waals surface area contributed by atoms with Gasteiger partial charge in [-0.25, -0.2) is 4.68 Å². The second-order valence-corrected chi connectivity index (χ2v) is 4.62. The predicted octanol–water partition coefficient (Wildman–Crippen LogP) is 0.907. The smallest absolute Gasteiger partial charge is 0.189 e. The van der Waals surface area contributed by atoms with Gasteiger partial charge in [-0.3, -0.25) is 4.79 Å². The topological polar surface area (TPSA) is 73.8 Å². The molecule has 0 aliphatic heterocycles. The zero-order chi connectivity index (χ0) is 11.6. The number of carbonyl (C=O) groups is 1. The van der Waals surface area contributed by atoms with Gasteiger partial charge in [-0.05, 0) is 12.8 Å². The van der Waals surface area contributed by atoms with E-state index in [1.807, 2.05) is 0 Å². The van der Waals surface area contributed by atoms with Crippen LogP contribution in [0.4, 0.5) is 0 Å². The Bertz CT molecular complexity index is 379. The van der Waals surface area contributed by atoms with Gasteiger partial charge in [0.2, 0.25) is 0 Å². The van der Waals surface area contributed by atoms with Gasteiger partial charge in [0.05, 0.1) is 6.20 Å². The molecule has 0 radical (unpaired) electrons. The van der Waals surface area contributed by atoms with Crippen molar-refractivity contribution >= 4 is 5.78 Å². The molecule has 1 fully saturated rings. The van der Waals surface area contributed by atoms with Crippen LogP contribution in [-0.4, -0.2) is 27.3 Å². The van der Waals surface area contributed by atoms with Crippen LogP contribution in [0.15, 0.2) is 6.20 Å². The van der Waals surface area contributed by atoms with E-state index in [1.54, 1.807) is 7.05 Å². The zero-order valence-electron chi connectivity index (χ0n) is 9.65. The van der Waals surface area contributed by atoms with Gasteiger partial charge in [-0.15, -0.1) is 5.10 Å². The van der Waals surface area contributed by atoms with Crippen LogP contribution in [0, 0.1) is 5.41 Å². The highest BCUT2D eigenvalue weighted by atomic mass is 16.1. The lowest BCUT2D eigenvalue weighted by atomic mass is 9.70. The number of nitrogens with two attached hydrogens (primary N) is 1. The summed E-state index contributed by atoms with van der Waals surface area (Å²) >= 11 is 0. The fraction of sp³-hybridized carbons (Fsp3) is 0.727. The molecule has 2 N–H and O–H groups in total. The summed E-state index contributed by atoms with van der Waals surface area (Å²) in [4.78, 5) is 12.5. The summed E-state index contributed by atoms with van der Waals surface area (Å²) in [6.45, 7) is 0.428. The van der Waals surface area contributed by atoms with Crippen molar-refractivity contribution in [2.45, 2.75) is 32.1 Å². The minimum absolute atomic E-state index is 0.113. The van der Waals surface area contributed by atoms with Crippen molar-refractivity contribution in [3.8, 4) is 0 Å². The van der Waals surface area contributed by atoms with Gasteiger partial charge in [0.25, 0.3) is 0 Å². The van der Waals surface area contributed by atoms with E-state index >= 15 is 0 Å². The monoisotopic (exact) mass is 222 g/mol. The van der Waals surface area contributed by atoms with Crippen LogP contribution >= 0.6 is 0 Å². The molecule has 88 valence electrons. The third kappa shape index (κ3) is 1.75. The van der Waals surface area contributed by atoms with Gasteiger partial charge in [0.15, 0.2) is 5.78 Å². The number of carbonyl (C=O) groups excluding carboxylic acids is 1. The lowest BCUT2D eigenvalue weighted by molar-refractivity contribution is 0.0718. The Morgan fingerprint density at radius 2 is 2.19 bits per heavy atom. The van der Waals surface area contributed by atoms with Crippen molar-refractivity contribution in [1.29, 1.82) is 0 Å². The summed E-state index contributed by atoms with van der Waals surface area (Å²) in [5.41, 5.74) is 6.03. The standard InChI is InChI=1S/C11H18N4O/c1-15-9(7-13-14-15)10(16)11(8-12)5-3-2-4-6-11/h7H,2-6,8,12H2,1H3. The molecule has 1 aliphatic rings. The number of hydrogen-bond acceptors (Lipinski definition) is 4. The van der Waals surface area contributed by atoms with Gasteiger partial charge in [0, 0.05) is 19.0 Å². The van der Waals surface area contributed by atoms with E-state index in [1.165, 1.54) is 17.3 Å². The van der Waals surface area contributed by atoms with Crippen LogP contribution in [0.1, 0.15) is 42.6 Å². The number of nitrogens with zero attached hydrogens (tertiary/aromatic N) is 3. The second-order valence-electron chi connectivity index (χ2n) is 4.62. The molecule has 0 spiro atoms. The van der Waals surface area contributed by atoms with Crippen molar-refractivity contribution in [3.05, 3.63) is 11.9 Å². The molecule has 1 aromatic rings. The first-order chi connectivity index (χ1) is 7.69. The quantitative estimate of drug-likeness (QED) is 0.771. The first-order valence-corrected chi connectivity index (χ1v) is 5.79. The molecular weight excluding hydrogens is 204 g/mol. The summed E-state index contributed by atoms with van der Waals surface area (Å²) in [6.07, 6.45) is 6.72. The number of aryl methyl sites for hydroxylation is 1. The normalized spacial score (nSPS) is 19.6. The van der Waals surface area contributed by atoms with Crippen molar-refractivity contribution < 1.29 is 4.79 Å². The second kappa shape index (κ2) is 4.33. The third-order valence-electron chi connectivity index (χ3n) is 3.63. The van der Waals surface area contributed by atoms with E-state index in [-0.39, 0.29) is 11.2 Å². The number of rotatable bonds is 3. The Hall–Kier alpha value is -1.23. The summed E-state index contributed by atoms with van der Waals surface area (Å²) in [6, 6.07) is 0. The molecule has 2 rings (SSSR count). The van der Waals surface area contributed by atoms with Crippen LogP contribution in [0.3, 0.4) is 0 Å². The molecule has 0 unspecified atom stereocenters. The third-order valence-corrected chi connectivity index (χ3v) is 3.63. The first-order valence-electron chi connectivity index (χ1n) is 5.79. The van der Waals surface area contributed by atoms with Crippen molar-refractivity contribution in [2.24, 2.45) is 18.2 Å². The Kier molecular flexibility index (Phi) is 3.05. The minimum atomic E-state index is -0.367. The maximum Gasteiger partial charge on any atom is 0.189 e. The molecule has 0 bridgehead atoms.